The van der Waals surface area contributed by atoms with E-state index >= 15 is 0 Å². The molecular weight excluding hydrogens is 478 g/mol. The van der Waals surface area contributed by atoms with E-state index in [0.29, 0.717) is 6.54 Å². The molecule has 178 valence electrons. The van der Waals surface area contributed by atoms with Crippen LogP contribution in [0.5, 0.6) is 0 Å². The molecule has 1 aliphatic rings. The molecule has 0 aliphatic carbocycles. The number of amides is 3. The quantitative estimate of drug-likeness (QED) is 0.563. The van der Waals surface area contributed by atoms with E-state index in [2.05, 4.69) is 26.6 Å². The predicted octanol–water partition coefficient (Wildman–Crippen LogP) is 2.97. The number of nitrogens with zero attached hydrogens (tertiary/aromatic N) is 1. The summed E-state index contributed by atoms with van der Waals surface area (Å²) in [5.41, 5.74) is -0.438. The van der Waals surface area contributed by atoms with Gasteiger partial charge in [0, 0.05) is 24.0 Å². The number of halogens is 1. The minimum atomic E-state index is -0.926. The van der Waals surface area contributed by atoms with Gasteiger partial charge in [-0.25, -0.2) is 4.79 Å². The van der Waals surface area contributed by atoms with Gasteiger partial charge < -0.3 is 25.4 Å². The molecule has 1 aromatic rings. The lowest BCUT2D eigenvalue weighted by Crippen LogP contribution is -2.58. The third kappa shape index (κ3) is 7.48. The lowest BCUT2D eigenvalue weighted by atomic mass is 9.85. The Morgan fingerprint density at radius 1 is 1.16 bits per heavy atom. The highest BCUT2D eigenvalue weighted by atomic mass is 79.9. The third-order valence-electron chi connectivity index (χ3n) is 5.02. The van der Waals surface area contributed by atoms with Crippen molar-refractivity contribution in [3.05, 3.63) is 34.3 Å². The van der Waals surface area contributed by atoms with Gasteiger partial charge in [-0.2, -0.15) is 0 Å². The SMILES string of the molecule is CC(C)(C)OC(=O)NC(C(=O)N1CC(O)CC1C(=O)NCc1ccc(Br)cc1)C(C)(C)C. The Balaban J connectivity index is 2.13. The van der Waals surface area contributed by atoms with Crippen LogP contribution in [0.25, 0.3) is 0 Å². The first-order valence-corrected chi connectivity index (χ1v) is 11.5. The molecule has 1 aliphatic heterocycles. The summed E-state index contributed by atoms with van der Waals surface area (Å²) >= 11 is 3.37. The van der Waals surface area contributed by atoms with E-state index in [9.17, 15) is 19.5 Å². The smallest absolute Gasteiger partial charge is 0.408 e. The van der Waals surface area contributed by atoms with Crippen molar-refractivity contribution < 1.29 is 24.2 Å². The molecule has 3 unspecified atom stereocenters. The summed E-state index contributed by atoms with van der Waals surface area (Å²) in [5.74, 6) is -0.772. The molecule has 3 amide bonds. The van der Waals surface area contributed by atoms with E-state index in [1.807, 2.05) is 45.0 Å². The summed E-state index contributed by atoms with van der Waals surface area (Å²) < 4.78 is 6.25. The van der Waals surface area contributed by atoms with Crippen molar-refractivity contribution in [2.75, 3.05) is 6.54 Å². The fourth-order valence-electron chi connectivity index (χ4n) is 3.46. The molecule has 0 aromatic heterocycles. The maximum atomic E-state index is 13.4. The molecule has 9 heteroatoms. The van der Waals surface area contributed by atoms with E-state index < -0.39 is 41.2 Å². The highest BCUT2D eigenvalue weighted by Crippen LogP contribution is 2.26. The fourth-order valence-corrected chi connectivity index (χ4v) is 3.72. The van der Waals surface area contributed by atoms with Crippen molar-refractivity contribution in [1.29, 1.82) is 0 Å². The molecule has 3 N–H and O–H groups in total. The number of hydrogen-bond donors (Lipinski definition) is 3. The first kappa shape index (κ1) is 26.1. The monoisotopic (exact) mass is 511 g/mol. The number of ether oxygens (including phenoxy) is 1. The van der Waals surface area contributed by atoms with E-state index in [1.165, 1.54) is 4.90 Å². The molecule has 1 fully saturated rings. The van der Waals surface area contributed by atoms with Gasteiger partial charge in [0.2, 0.25) is 11.8 Å². The van der Waals surface area contributed by atoms with Gasteiger partial charge in [0.1, 0.15) is 17.7 Å². The van der Waals surface area contributed by atoms with E-state index in [4.69, 9.17) is 4.74 Å². The second-order valence-electron chi connectivity index (χ2n) is 10.2. The maximum absolute atomic E-state index is 13.4. The van der Waals surface area contributed by atoms with Gasteiger partial charge in [-0.3, -0.25) is 9.59 Å². The molecule has 0 bridgehead atoms. The zero-order valence-electron chi connectivity index (χ0n) is 19.6. The Hall–Kier alpha value is -2.13. The van der Waals surface area contributed by atoms with Crippen LogP contribution < -0.4 is 10.6 Å². The van der Waals surface area contributed by atoms with Crippen molar-refractivity contribution >= 4 is 33.8 Å². The highest BCUT2D eigenvalue weighted by Gasteiger charge is 2.44. The lowest BCUT2D eigenvalue weighted by Gasteiger charge is -2.35. The lowest BCUT2D eigenvalue weighted by molar-refractivity contribution is -0.142. The van der Waals surface area contributed by atoms with E-state index in [1.54, 1.807) is 20.8 Å². The standard InChI is InChI=1S/C23H34BrN3O5/c1-22(2,3)18(26-21(31)32-23(4,5)6)20(30)27-13-16(28)11-17(27)19(29)25-12-14-7-9-15(24)10-8-14/h7-10,16-18,28H,11-13H2,1-6H3,(H,25,29)(H,26,31). The molecule has 3 atom stereocenters. The van der Waals surface area contributed by atoms with E-state index in [-0.39, 0.29) is 18.9 Å². The van der Waals surface area contributed by atoms with Crippen LogP contribution in [0.15, 0.2) is 28.7 Å². The number of likely N-dealkylation sites (tertiary alicyclic amines) is 1. The number of aliphatic hydroxyl groups is 1. The number of β-amino-alcohol motifs (C(OH)–C–C–N with tert-alkyl or cyclic N) is 1. The minimum absolute atomic E-state index is 0.0256. The number of carbonyl (C=O) groups excluding carboxylic acids is 3. The van der Waals surface area contributed by atoms with E-state index in [0.717, 1.165) is 10.0 Å². The number of alkyl carbamates (subject to hydrolysis) is 1. The number of aliphatic hydroxyl groups excluding tert-OH is 1. The molecule has 1 saturated heterocycles. The molecule has 0 spiro atoms. The topological polar surface area (TPSA) is 108 Å². The van der Waals surface area contributed by atoms with Gasteiger partial charge in [0.25, 0.3) is 0 Å². The molecule has 2 rings (SSSR count). The van der Waals surface area contributed by atoms with Crippen LogP contribution in [0.2, 0.25) is 0 Å². The van der Waals surface area contributed by atoms with Gasteiger partial charge in [0.15, 0.2) is 0 Å². The Kier molecular flexibility index (Phi) is 8.33. The summed E-state index contributed by atoms with van der Waals surface area (Å²) in [6.07, 6.45) is -1.38. The Morgan fingerprint density at radius 2 is 1.75 bits per heavy atom. The first-order valence-electron chi connectivity index (χ1n) is 10.7. The second kappa shape index (κ2) is 10.2. The van der Waals surface area contributed by atoms with Crippen LogP contribution in [0.3, 0.4) is 0 Å². The predicted molar refractivity (Wildman–Crippen MR) is 125 cm³/mol. The van der Waals surface area contributed by atoms with Crippen molar-refractivity contribution in [2.24, 2.45) is 5.41 Å². The van der Waals surface area contributed by atoms with Gasteiger partial charge in [-0.1, -0.05) is 48.8 Å². The minimum Gasteiger partial charge on any atom is -0.444 e. The zero-order chi connectivity index (χ0) is 24.3. The van der Waals surface area contributed by atoms with Crippen LogP contribution in [0.1, 0.15) is 53.5 Å². The van der Waals surface area contributed by atoms with Crippen LogP contribution in [-0.4, -0.2) is 58.2 Å². The second-order valence-corrected chi connectivity index (χ2v) is 11.1. The Labute approximate surface area is 198 Å². The molecule has 32 heavy (non-hydrogen) atoms. The van der Waals surface area contributed by atoms with Gasteiger partial charge in [-0.15, -0.1) is 0 Å². The average Bonchev–Trinajstić information content (AvgIpc) is 3.04. The van der Waals surface area contributed by atoms with Crippen molar-refractivity contribution in [1.82, 2.24) is 15.5 Å². The molecule has 1 heterocycles. The highest BCUT2D eigenvalue weighted by molar-refractivity contribution is 9.10. The molecule has 0 saturated carbocycles. The number of benzene rings is 1. The zero-order valence-corrected chi connectivity index (χ0v) is 21.2. The number of hydrogen-bond acceptors (Lipinski definition) is 5. The number of nitrogens with one attached hydrogen (secondary N) is 2. The van der Waals surface area contributed by atoms with Crippen molar-refractivity contribution in [3.63, 3.8) is 0 Å². The van der Waals surface area contributed by atoms with Crippen molar-refractivity contribution in [3.8, 4) is 0 Å². The molecule has 1 aromatic carbocycles. The van der Waals surface area contributed by atoms with Crippen LogP contribution in [-0.2, 0) is 20.9 Å². The van der Waals surface area contributed by atoms with Crippen LogP contribution >= 0.6 is 15.9 Å². The molecular formula is C23H34BrN3O5. The van der Waals surface area contributed by atoms with Gasteiger partial charge in [-0.05, 0) is 43.9 Å². The summed E-state index contributed by atoms with van der Waals surface area (Å²) in [6, 6.07) is 5.79. The fraction of sp³-hybridized carbons (Fsp3) is 0.609. The molecule has 8 nitrogen and oxygen atoms in total. The van der Waals surface area contributed by atoms with Gasteiger partial charge >= 0.3 is 6.09 Å². The van der Waals surface area contributed by atoms with Crippen LogP contribution in [0, 0.1) is 5.41 Å². The third-order valence-corrected chi connectivity index (χ3v) is 5.55. The van der Waals surface area contributed by atoms with Crippen LogP contribution in [0.4, 0.5) is 4.79 Å². The number of carbonyl (C=O) groups is 3. The molecule has 0 radical (unpaired) electrons. The largest absolute Gasteiger partial charge is 0.444 e. The Morgan fingerprint density at radius 3 is 2.28 bits per heavy atom. The van der Waals surface area contributed by atoms with Gasteiger partial charge in [0.05, 0.1) is 6.10 Å². The maximum Gasteiger partial charge on any atom is 0.408 e. The average molecular weight is 512 g/mol. The van der Waals surface area contributed by atoms with Crippen molar-refractivity contribution in [2.45, 2.75) is 78.3 Å². The summed E-state index contributed by atoms with van der Waals surface area (Å²) in [5, 5.41) is 15.7. The first-order chi connectivity index (χ1) is 14.7. The summed E-state index contributed by atoms with van der Waals surface area (Å²) in [7, 11) is 0. The summed E-state index contributed by atoms with van der Waals surface area (Å²) in [6.45, 7) is 11.0. The summed E-state index contributed by atoms with van der Waals surface area (Å²) in [4.78, 5) is 40.0. The normalized spacial score (nSPS) is 19.9. The number of rotatable bonds is 5. The Bertz CT molecular complexity index is 830.